The lowest BCUT2D eigenvalue weighted by molar-refractivity contribution is 0.132. The third-order valence-electron chi connectivity index (χ3n) is 5.54. The highest BCUT2D eigenvalue weighted by molar-refractivity contribution is 5.89. The minimum absolute atomic E-state index is 0.0224. The Labute approximate surface area is 166 Å². The van der Waals surface area contributed by atoms with Gasteiger partial charge in [0.25, 0.3) is 0 Å². The van der Waals surface area contributed by atoms with Gasteiger partial charge in [0.15, 0.2) is 0 Å². The average Bonchev–Trinajstić information content (AvgIpc) is 3.28. The highest BCUT2D eigenvalue weighted by Gasteiger charge is 2.29. The molecule has 28 heavy (non-hydrogen) atoms. The number of rotatable bonds is 5. The summed E-state index contributed by atoms with van der Waals surface area (Å²) in [5, 5.41) is 3.03. The number of piperidine rings is 1. The van der Waals surface area contributed by atoms with Crippen molar-refractivity contribution in [2.24, 2.45) is 0 Å². The van der Waals surface area contributed by atoms with Gasteiger partial charge in [0.1, 0.15) is 12.4 Å². The third kappa shape index (κ3) is 4.81. The SMILES string of the molecule is O=C(Nc1cccc(OCc2ccccn2)c1)N1CCC[C@@H](N2CCCC2)C1. The first kappa shape index (κ1) is 18.7. The molecule has 0 bridgehead atoms. The van der Waals surface area contributed by atoms with Crippen LogP contribution in [0.2, 0.25) is 0 Å². The van der Waals surface area contributed by atoms with E-state index in [9.17, 15) is 4.79 Å². The standard InChI is InChI=1S/C22H28N4O2/c27-22(26-14-6-9-20(16-26)25-12-3-4-13-25)24-18-8-5-10-21(15-18)28-17-19-7-1-2-11-23-19/h1-2,5,7-8,10-11,15,20H,3-4,6,9,12-14,16-17H2,(H,24,27)/t20-/m1/s1. The molecular formula is C22H28N4O2. The second-order valence-electron chi connectivity index (χ2n) is 7.55. The third-order valence-corrected chi connectivity index (χ3v) is 5.54. The summed E-state index contributed by atoms with van der Waals surface area (Å²) in [5.41, 5.74) is 1.63. The lowest BCUT2D eigenvalue weighted by Crippen LogP contribution is -2.50. The van der Waals surface area contributed by atoms with Crippen LogP contribution in [0.1, 0.15) is 31.4 Å². The summed E-state index contributed by atoms with van der Waals surface area (Å²) in [6, 6.07) is 13.8. The second kappa shape index (κ2) is 9.06. The summed E-state index contributed by atoms with van der Waals surface area (Å²) in [7, 11) is 0. The molecule has 4 rings (SSSR count). The van der Waals surface area contributed by atoms with Crippen molar-refractivity contribution in [1.82, 2.24) is 14.8 Å². The number of aromatic nitrogens is 1. The minimum atomic E-state index is -0.0224. The summed E-state index contributed by atoms with van der Waals surface area (Å²) in [5.74, 6) is 0.719. The van der Waals surface area contributed by atoms with E-state index in [4.69, 9.17) is 4.74 Å². The highest BCUT2D eigenvalue weighted by Crippen LogP contribution is 2.22. The summed E-state index contributed by atoms with van der Waals surface area (Å²) >= 11 is 0. The molecule has 1 aromatic heterocycles. The number of urea groups is 1. The van der Waals surface area contributed by atoms with Crippen LogP contribution in [0.5, 0.6) is 5.75 Å². The van der Waals surface area contributed by atoms with Crippen molar-refractivity contribution >= 4 is 11.7 Å². The molecule has 0 radical (unpaired) electrons. The molecule has 0 spiro atoms. The van der Waals surface area contributed by atoms with E-state index in [1.165, 1.54) is 32.4 Å². The van der Waals surface area contributed by atoms with Crippen LogP contribution in [0.25, 0.3) is 0 Å². The molecule has 0 unspecified atom stereocenters. The van der Waals surface area contributed by atoms with Crippen LogP contribution < -0.4 is 10.1 Å². The van der Waals surface area contributed by atoms with E-state index < -0.39 is 0 Å². The van der Waals surface area contributed by atoms with Crippen LogP contribution in [0.3, 0.4) is 0 Å². The van der Waals surface area contributed by atoms with Gasteiger partial charge in [-0.25, -0.2) is 4.79 Å². The Balaban J connectivity index is 1.32. The minimum Gasteiger partial charge on any atom is -0.487 e. The maximum atomic E-state index is 12.8. The second-order valence-corrected chi connectivity index (χ2v) is 7.55. The van der Waals surface area contributed by atoms with Crippen molar-refractivity contribution in [1.29, 1.82) is 0 Å². The molecule has 2 amide bonds. The van der Waals surface area contributed by atoms with Gasteiger partial charge in [-0.2, -0.15) is 0 Å². The zero-order valence-corrected chi connectivity index (χ0v) is 16.2. The molecular weight excluding hydrogens is 352 g/mol. The number of nitrogens with one attached hydrogen (secondary N) is 1. The van der Waals surface area contributed by atoms with Gasteiger partial charge < -0.3 is 15.0 Å². The first-order valence-corrected chi connectivity index (χ1v) is 10.2. The van der Waals surface area contributed by atoms with Gasteiger partial charge in [0.2, 0.25) is 0 Å². The van der Waals surface area contributed by atoms with Crippen molar-refractivity contribution in [3.63, 3.8) is 0 Å². The molecule has 2 saturated heterocycles. The van der Waals surface area contributed by atoms with Crippen LogP contribution in [-0.2, 0) is 6.61 Å². The molecule has 1 N–H and O–H groups in total. The van der Waals surface area contributed by atoms with Gasteiger partial charge in [-0.05, 0) is 63.0 Å². The summed E-state index contributed by atoms with van der Waals surface area (Å²) < 4.78 is 5.81. The fraction of sp³-hybridized carbons (Fsp3) is 0.455. The van der Waals surface area contributed by atoms with E-state index in [-0.39, 0.29) is 6.03 Å². The van der Waals surface area contributed by atoms with E-state index in [1.54, 1.807) is 6.20 Å². The summed E-state index contributed by atoms with van der Waals surface area (Å²) in [6.07, 6.45) is 6.59. The van der Waals surface area contributed by atoms with E-state index in [1.807, 2.05) is 47.4 Å². The number of pyridine rings is 1. The predicted octanol–water partition coefficient (Wildman–Crippen LogP) is 3.75. The Bertz CT molecular complexity index is 777. The van der Waals surface area contributed by atoms with E-state index >= 15 is 0 Å². The Morgan fingerprint density at radius 1 is 1.11 bits per heavy atom. The molecule has 0 saturated carbocycles. The van der Waals surface area contributed by atoms with Crippen molar-refractivity contribution in [3.8, 4) is 5.75 Å². The topological polar surface area (TPSA) is 57.7 Å². The Morgan fingerprint density at radius 3 is 2.82 bits per heavy atom. The van der Waals surface area contributed by atoms with Crippen molar-refractivity contribution in [2.75, 3.05) is 31.5 Å². The fourth-order valence-corrected chi connectivity index (χ4v) is 4.05. The zero-order valence-electron chi connectivity index (χ0n) is 16.2. The number of anilines is 1. The Hall–Kier alpha value is -2.60. The lowest BCUT2D eigenvalue weighted by Gasteiger charge is -2.37. The number of carbonyl (C=O) groups excluding carboxylic acids is 1. The van der Waals surface area contributed by atoms with Crippen molar-refractivity contribution in [2.45, 2.75) is 38.3 Å². The Kier molecular flexibility index (Phi) is 6.07. The smallest absolute Gasteiger partial charge is 0.321 e. The molecule has 0 aliphatic carbocycles. The number of carbonyl (C=O) groups is 1. The quantitative estimate of drug-likeness (QED) is 0.858. The predicted molar refractivity (Wildman–Crippen MR) is 109 cm³/mol. The van der Waals surface area contributed by atoms with Crippen molar-refractivity contribution in [3.05, 3.63) is 54.4 Å². The average molecular weight is 380 g/mol. The number of benzene rings is 1. The van der Waals surface area contributed by atoms with Gasteiger partial charge in [0.05, 0.1) is 5.69 Å². The van der Waals surface area contributed by atoms with Crippen molar-refractivity contribution < 1.29 is 9.53 Å². The first-order chi connectivity index (χ1) is 13.8. The van der Waals surface area contributed by atoms with Crippen LogP contribution in [0.4, 0.5) is 10.5 Å². The molecule has 1 atom stereocenters. The molecule has 2 aromatic rings. The maximum absolute atomic E-state index is 12.8. The molecule has 2 fully saturated rings. The normalized spacial score (nSPS) is 20.1. The van der Waals surface area contributed by atoms with E-state index in [0.717, 1.165) is 36.6 Å². The van der Waals surface area contributed by atoms with E-state index in [0.29, 0.717) is 12.6 Å². The lowest BCUT2D eigenvalue weighted by atomic mass is 10.0. The molecule has 148 valence electrons. The summed E-state index contributed by atoms with van der Waals surface area (Å²) in [6.45, 7) is 4.40. The molecule has 6 nitrogen and oxygen atoms in total. The van der Waals surface area contributed by atoms with Crippen LogP contribution >= 0.6 is 0 Å². The number of hydrogen-bond donors (Lipinski definition) is 1. The Morgan fingerprint density at radius 2 is 2.00 bits per heavy atom. The monoisotopic (exact) mass is 380 g/mol. The van der Waals surface area contributed by atoms with Gasteiger partial charge in [-0.15, -0.1) is 0 Å². The number of hydrogen-bond acceptors (Lipinski definition) is 4. The van der Waals surface area contributed by atoms with Gasteiger partial charge in [0, 0.05) is 37.1 Å². The first-order valence-electron chi connectivity index (χ1n) is 10.2. The van der Waals surface area contributed by atoms with Crippen LogP contribution in [0.15, 0.2) is 48.7 Å². The van der Waals surface area contributed by atoms with Gasteiger partial charge in [-0.1, -0.05) is 12.1 Å². The number of likely N-dealkylation sites (tertiary alicyclic amines) is 2. The highest BCUT2D eigenvalue weighted by atomic mass is 16.5. The molecule has 2 aliphatic heterocycles. The molecule has 3 heterocycles. The molecule has 1 aromatic carbocycles. The zero-order chi connectivity index (χ0) is 19.2. The maximum Gasteiger partial charge on any atom is 0.321 e. The number of amides is 2. The number of ether oxygens (including phenoxy) is 1. The van der Waals surface area contributed by atoms with Crippen LogP contribution in [-0.4, -0.2) is 53.0 Å². The fourth-order valence-electron chi connectivity index (χ4n) is 4.05. The van der Waals surface area contributed by atoms with Crippen LogP contribution in [0, 0.1) is 0 Å². The summed E-state index contributed by atoms with van der Waals surface area (Å²) in [4.78, 5) is 21.5. The van der Waals surface area contributed by atoms with Gasteiger partial charge in [-0.3, -0.25) is 9.88 Å². The van der Waals surface area contributed by atoms with E-state index in [2.05, 4.69) is 15.2 Å². The number of nitrogens with zero attached hydrogens (tertiary/aromatic N) is 3. The van der Waals surface area contributed by atoms with Gasteiger partial charge >= 0.3 is 6.03 Å². The molecule has 2 aliphatic rings. The largest absolute Gasteiger partial charge is 0.487 e. The molecule has 6 heteroatoms.